The highest BCUT2D eigenvalue weighted by molar-refractivity contribution is 7.07. The minimum atomic E-state index is -0.162. The van der Waals surface area contributed by atoms with Gasteiger partial charge in [0.2, 0.25) is 0 Å². The third-order valence-electron chi connectivity index (χ3n) is 2.69. The molecule has 4 heteroatoms. The second kappa shape index (κ2) is 6.00. The summed E-state index contributed by atoms with van der Waals surface area (Å²) in [7, 11) is 0. The van der Waals surface area contributed by atoms with Crippen LogP contribution in [0.3, 0.4) is 0 Å². The first-order valence-corrected chi connectivity index (χ1v) is 6.79. The van der Waals surface area contributed by atoms with Crippen molar-refractivity contribution in [2.24, 2.45) is 5.73 Å². The number of aliphatic hydroxyl groups is 1. The lowest BCUT2D eigenvalue weighted by atomic mass is 10.1. The number of nitrogens with two attached hydrogens (primary N) is 1. The molecule has 0 amide bonds. The molecule has 0 saturated carbocycles. The molecule has 3 N–H and O–H groups in total. The van der Waals surface area contributed by atoms with Crippen LogP contribution in [0.5, 0.6) is 5.75 Å². The monoisotopic (exact) mass is 263 g/mol. The lowest BCUT2D eigenvalue weighted by Gasteiger charge is -2.22. The van der Waals surface area contributed by atoms with E-state index in [2.05, 4.69) is 0 Å². The highest BCUT2D eigenvalue weighted by atomic mass is 32.1. The summed E-state index contributed by atoms with van der Waals surface area (Å²) >= 11 is 1.63. The molecule has 0 saturated heterocycles. The van der Waals surface area contributed by atoms with E-state index in [9.17, 15) is 0 Å². The van der Waals surface area contributed by atoms with Crippen LogP contribution in [0.15, 0.2) is 41.1 Å². The van der Waals surface area contributed by atoms with Crippen LogP contribution < -0.4 is 10.5 Å². The first kappa shape index (κ1) is 13.1. The molecule has 2 atom stereocenters. The van der Waals surface area contributed by atoms with Gasteiger partial charge < -0.3 is 15.6 Å². The van der Waals surface area contributed by atoms with E-state index in [4.69, 9.17) is 15.6 Å². The number of ether oxygens (including phenoxy) is 1. The molecule has 1 heterocycles. The predicted octanol–water partition coefficient (Wildman–Crippen LogP) is 2.71. The second-order valence-corrected chi connectivity index (χ2v) is 5.04. The third-order valence-corrected chi connectivity index (χ3v) is 3.39. The van der Waals surface area contributed by atoms with Crippen LogP contribution in [-0.4, -0.2) is 11.1 Å². The molecule has 0 aliphatic carbocycles. The van der Waals surface area contributed by atoms with E-state index >= 15 is 0 Å². The maximum atomic E-state index is 9.11. The Morgan fingerprint density at radius 3 is 2.83 bits per heavy atom. The second-order valence-electron chi connectivity index (χ2n) is 4.26. The summed E-state index contributed by atoms with van der Waals surface area (Å²) in [5.41, 5.74) is 7.90. The number of thiophene rings is 1. The Morgan fingerprint density at radius 2 is 2.22 bits per heavy atom. The van der Waals surface area contributed by atoms with Gasteiger partial charge in [0.05, 0.1) is 6.61 Å². The van der Waals surface area contributed by atoms with Gasteiger partial charge in [-0.25, -0.2) is 0 Å². The van der Waals surface area contributed by atoms with E-state index in [1.807, 2.05) is 48.0 Å². The molecule has 0 aliphatic rings. The summed E-state index contributed by atoms with van der Waals surface area (Å²) in [6, 6.07) is 9.36. The first-order valence-electron chi connectivity index (χ1n) is 5.85. The molecule has 96 valence electrons. The SMILES string of the molecule is CC(N)C(Oc1cccc(CO)c1)c1ccsc1. The molecule has 2 rings (SSSR count). The molecule has 0 radical (unpaired) electrons. The minimum absolute atomic E-state index is 0.0124. The Bertz CT molecular complexity index is 482. The zero-order chi connectivity index (χ0) is 13.0. The average molecular weight is 263 g/mol. The normalized spacial score (nSPS) is 14.2. The quantitative estimate of drug-likeness (QED) is 0.872. The maximum absolute atomic E-state index is 9.11. The van der Waals surface area contributed by atoms with Gasteiger partial charge in [0.25, 0.3) is 0 Å². The van der Waals surface area contributed by atoms with Gasteiger partial charge in [-0.3, -0.25) is 0 Å². The molecule has 0 bridgehead atoms. The van der Waals surface area contributed by atoms with Crippen LogP contribution in [0.4, 0.5) is 0 Å². The molecule has 2 aromatic rings. The number of rotatable bonds is 5. The van der Waals surface area contributed by atoms with E-state index in [1.54, 1.807) is 11.3 Å². The highest BCUT2D eigenvalue weighted by Crippen LogP contribution is 2.26. The third kappa shape index (κ3) is 3.10. The lowest BCUT2D eigenvalue weighted by Crippen LogP contribution is -2.28. The Hall–Kier alpha value is -1.36. The molecular formula is C14H17NO2S. The van der Waals surface area contributed by atoms with Crippen LogP contribution in [0.2, 0.25) is 0 Å². The van der Waals surface area contributed by atoms with Crippen molar-refractivity contribution in [3.63, 3.8) is 0 Å². The van der Waals surface area contributed by atoms with Gasteiger partial charge >= 0.3 is 0 Å². The Balaban J connectivity index is 2.18. The standard InChI is InChI=1S/C14H17NO2S/c1-10(15)14(12-5-6-18-9-12)17-13-4-2-3-11(7-13)8-16/h2-7,9-10,14,16H,8,15H2,1H3. The smallest absolute Gasteiger partial charge is 0.139 e. The zero-order valence-electron chi connectivity index (χ0n) is 10.2. The Labute approximate surface area is 111 Å². The van der Waals surface area contributed by atoms with Crippen molar-refractivity contribution < 1.29 is 9.84 Å². The number of hydrogen-bond acceptors (Lipinski definition) is 4. The van der Waals surface area contributed by atoms with Gasteiger partial charge in [0.1, 0.15) is 11.9 Å². The number of benzene rings is 1. The fraction of sp³-hybridized carbons (Fsp3) is 0.286. The van der Waals surface area contributed by atoms with Crippen molar-refractivity contribution in [2.45, 2.75) is 25.7 Å². The maximum Gasteiger partial charge on any atom is 0.139 e. The van der Waals surface area contributed by atoms with Crippen molar-refractivity contribution in [3.05, 3.63) is 52.2 Å². The van der Waals surface area contributed by atoms with Crippen molar-refractivity contribution >= 4 is 11.3 Å². The minimum Gasteiger partial charge on any atom is -0.484 e. The van der Waals surface area contributed by atoms with Crippen molar-refractivity contribution in [1.82, 2.24) is 0 Å². The molecule has 3 nitrogen and oxygen atoms in total. The van der Waals surface area contributed by atoms with Gasteiger partial charge in [-0.05, 0) is 41.4 Å². The fourth-order valence-corrected chi connectivity index (χ4v) is 2.46. The van der Waals surface area contributed by atoms with Gasteiger partial charge in [-0.1, -0.05) is 12.1 Å². The molecule has 1 aromatic carbocycles. The van der Waals surface area contributed by atoms with Crippen LogP contribution in [0.25, 0.3) is 0 Å². The van der Waals surface area contributed by atoms with Crippen LogP contribution >= 0.6 is 11.3 Å². The highest BCUT2D eigenvalue weighted by Gasteiger charge is 2.18. The summed E-state index contributed by atoms with van der Waals surface area (Å²) in [6.07, 6.45) is -0.162. The van der Waals surface area contributed by atoms with Crippen LogP contribution in [0.1, 0.15) is 24.2 Å². The van der Waals surface area contributed by atoms with Gasteiger partial charge in [-0.15, -0.1) is 0 Å². The largest absolute Gasteiger partial charge is 0.484 e. The first-order chi connectivity index (χ1) is 8.70. The number of aliphatic hydroxyl groups excluding tert-OH is 1. The van der Waals surface area contributed by atoms with Gasteiger partial charge in [0.15, 0.2) is 0 Å². The van der Waals surface area contributed by atoms with E-state index in [-0.39, 0.29) is 18.8 Å². The topological polar surface area (TPSA) is 55.5 Å². The lowest BCUT2D eigenvalue weighted by molar-refractivity contribution is 0.180. The van der Waals surface area contributed by atoms with Gasteiger partial charge in [-0.2, -0.15) is 11.3 Å². The average Bonchev–Trinajstić information content (AvgIpc) is 2.89. The molecule has 0 spiro atoms. The fourth-order valence-electron chi connectivity index (χ4n) is 1.78. The summed E-state index contributed by atoms with van der Waals surface area (Å²) in [5, 5.41) is 13.2. The molecular weight excluding hydrogens is 246 g/mol. The van der Waals surface area contributed by atoms with Crippen LogP contribution in [-0.2, 0) is 6.61 Å². The summed E-state index contributed by atoms with van der Waals surface area (Å²) in [6.45, 7) is 1.94. The summed E-state index contributed by atoms with van der Waals surface area (Å²) in [5.74, 6) is 0.732. The molecule has 2 unspecified atom stereocenters. The van der Waals surface area contributed by atoms with Crippen LogP contribution in [0, 0.1) is 0 Å². The summed E-state index contributed by atoms with van der Waals surface area (Å²) < 4.78 is 5.93. The zero-order valence-corrected chi connectivity index (χ0v) is 11.1. The number of hydrogen-bond donors (Lipinski definition) is 2. The van der Waals surface area contributed by atoms with E-state index < -0.39 is 0 Å². The molecule has 1 aromatic heterocycles. The molecule has 0 aliphatic heterocycles. The predicted molar refractivity (Wildman–Crippen MR) is 73.7 cm³/mol. The van der Waals surface area contributed by atoms with E-state index in [1.165, 1.54) is 0 Å². The molecule has 18 heavy (non-hydrogen) atoms. The molecule has 0 fully saturated rings. The summed E-state index contributed by atoms with van der Waals surface area (Å²) in [4.78, 5) is 0. The Morgan fingerprint density at radius 1 is 1.39 bits per heavy atom. The van der Waals surface area contributed by atoms with Crippen molar-refractivity contribution in [3.8, 4) is 5.75 Å². The van der Waals surface area contributed by atoms with E-state index in [0.29, 0.717) is 0 Å². The Kier molecular flexibility index (Phi) is 4.36. The van der Waals surface area contributed by atoms with Crippen molar-refractivity contribution in [1.29, 1.82) is 0 Å². The van der Waals surface area contributed by atoms with E-state index in [0.717, 1.165) is 16.9 Å². The van der Waals surface area contributed by atoms with Gasteiger partial charge in [0, 0.05) is 11.6 Å². The van der Waals surface area contributed by atoms with Crippen molar-refractivity contribution in [2.75, 3.05) is 0 Å².